The average Bonchev–Trinajstić information content (AvgIpc) is 2.87. The predicted octanol–water partition coefficient (Wildman–Crippen LogP) is 6.35. The molecule has 196 valence electrons. The number of piperazine rings is 1. The highest BCUT2D eigenvalue weighted by Crippen LogP contribution is 2.30. The zero-order valence-corrected chi connectivity index (χ0v) is 20.4. The van der Waals surface area contributed by atoms with Gasteiger partial charge in [0.05, 0.1) is 23.8 Å². The van der Waals surface area contributed by atoms with Crippen molar-refractivity contribution in [3.8, 4) is 0 Å². The molecule has 1 saturated heterocycles. The molecule has 37 heavy (non-hydrogen) atoms. The topological polar surface area (TPSA) is 32.8 Å². The molecule has 1 fully saturated rings. The number of rotatable bonds is 7. The molecular formula is C27H24ClF5N2O2. The summed E-state index contributed by atoms with van der Waals surface area (Å²) in [5.41, 5.74) is 0.555. The molecule has 0 spiro atoms. The minimum Gasteiger partial charge on any atom is -0.368 e. The first-order chi connectivity index (χ1) is 17.6. The van der Waals surface area contributed by atoms with Gasteiger partial charge in [-0.2, -0.15) is 13.2 Å². The molecule has 1 aliphatic rings. The SMILES string of the molecule is O=C(c1ccc(F)cc1F)N1CCN(C[C@H](OCc2ccc(C(F)(F)F)cc2)c2ccc(Cl)cc2)CC1. The summed E-state index contributed by atoms with van der Waals surface area (Å²) < 4.78 is 71.9. The van der Waals surface area contributed by atoms with Crippen LogP contribution in [0.15, 0.2) is 66.7 Å². The molecule has 0 bridgehead atoms. The molecule has 3 aromatic carbocycles. The van der Waals surface area contributed by atoms with Crippen molar-refractivity contribution in [1.29, 1.82) is 0 Å². The fraction of sp³-hybridized carbons (Fsp3) is 0.296. The molecule has 0 N–H and O–H groups in total. The van der Waals surface area contributed by atoms with Crippen molar-refractivity contribution in [2.24, 2.45) is 0 Å². The first-order valence-electron chi connectivity index (χ1n) is 11.6. The molecule has 1 amide bonds. The Balaban J connectivity index is 1.39. The fourth-order valence-electron chi connectivity index (χ4n) is 4.12. The standard InChI is InChI=1S/C27H24ClF5N2O2/c28-21-7-3-19(4-8-21)25(37-17-18-1-5-20(6-2-18)27(31,32)33)16-34-11-13-35(14-12-34)26(36)23-10-9-22(29)15-24(23)30/h1-10,15,25H,11-14,16-17H2/t25-/m0/s1. The third-order valence-electron chi connectivity index (χ3n) is 6.22. The van der Waals surface area contributed by atoms with Gasteiger partial charge in [0.1, 0.15) is 11.6 Å². The number of hydrogen-bond donors (Lipinski definition) is 0. The lowest BCUT2D eigenvalue weighted by Crippen LogP contribution is -2.49. The summed E-state index contributed by atoms with van der Waals surface area (Å²) in [6.07, 6.45) is -4.81. The van der Waals surface area contributed by atoms with E-state index in [9.17, 15) is 26.7 Å². The highest BCUT2D eigenvalue weighted by atomic mass is 35.5. The van der Waals surface area contributed by atoms with Gasteiger partial charge in [-0.1, -0.05) is 35.9 Å². The van der Waals surface area contributed by atoms with Crippen molar-refractivity contribution in [1.82, 2.24) is 9.80 Å². The van der Waals surface area contributed by atoms with Gasteiger partial charge in [0.25, 0.3) is 5.91 Å². The number of amides is 1. The molecular weight excluding hydrogens is 515 g/mol. The summed E-state index contributed by atoms with van der Waals surface area (Å²) in [4.78, 5) is 16.3. The fourth-order valence-corrected chi connectivity index (χ4v) is 4.25. The summed E-state index contributed by atoms with van der Waals surface area (Å²) in [7, 11) is 0. The molecule has 0 saturated carbocycles. The van der Waals surface area contributed by atoms with Gasteiger partial charge < -0.3 is 9.64 Å². The van der Waals surface area contributed by atoms with E-state index in [4.69, 9.17) is 16.3 Å². The second-order valence-corrected chi connectivity index (χ2v) is 9.20. The van der Waals surface area contributed by atoms with Crippen LogP contribution in [-0.2, 0) is 17.5 Å². The Morgan fingerprint density at radius 1 is 0.919 bits per heavy atom. The van der Waals surface area contributed by atoms with Crippen molar-refractivity contribution in [3.63, 3.8) is 0 Å². The van der Waals surface area contributed by atoms with Crippen LogP contribution in [0.5, 0.6) is 0 Å². The summed E-state index contributed by atoms with van der Waals surface area (Å²) in [6.45, 7) is 2.28. The van der Waals surface area contributed by atoms with Crippen LogP contribution in [0.25, 0.3) is 0 Å². The maximum atomic E-state index is 14.0. The monoisotopic (exact) mass is 538 g/mol. The minimum atomic E-state index is -4.41. The Morgan fingerprint density at radius 2 is 1.57 bits per heavy atom. The number of alkyl halides is 3. The Labute approximate surface area is 216 Å². The minimum absolute atomic E-state index is 0.105. The Kier molecular flexibility index (Phi) is 8.46. The Hall–Kier alpha value is -3.01. The number of ether oxygens (including phenoxy) is 1. The van der Waals surface area contributed by atoms with E-state index in [0.29, 0.717) is 49.4 Å². The van der Waals surface area contributed by atoms with Crippen LogP contribution < -0.4 is 0 Å². The maximum absolute atomic E-state index is 14.0. The van der Waals surface area contributed by atoms with Crippen molar-refractivity contribution >= 4 is 17.5 Å². The van der Waals surface area contributed by atoms with Gasteiger partial charge >= 0.3 is 6.18 Å². The zero-order valence-electron chi connectivity index (χ0n) is 19.6. The van der Waals surface area contributed by atoms with Crippen molar-refractivity contribution in [3.05, 3.63) is 106 Å². The largest absolute Gasteiger partial charge is 0.416 e. The molecule has 3 aromatic rings. The van der Waals surface area contributed by atoms with E-state index < -0.39 is 35.4 Å². The van der Waals surface area contributed by atoms with Gasteiger partial charge in [-0.15, -0.1) is 0 Å². The van der Waals surface area contributed by atoms with Gasteiger partial charge in [-0.25, -0.2) is 8.78 Å². The molecule has 1 aliphatic heterocycles. The van der Waals surface area contributed by atoms with E-state index in [-0.39, 0.29) is 12.2 Å². The van der Waals surface area contributed by atoms with Crippen LogP contribution >= 0.6 is 11.6 Å². The lowest BCUT2D eigenvalue weighted by atomic mass is 10.1. The van der Waals surface area contributed by atoms with E-state index in [1.165, 1.54) is 17.0 Å². The molecule has 0 unspecified atom stereocenters. The van der Waals surface area contributed by atoms with E-state index >= 15 is 0 Å². The van der Waals surface area contributed by atoms with Crippen molar-refractivity contribution < 1.29 is 31.5 Å². The first-order valence-corrected chi connectivity index (χ1v) is 12.0. The smallest absolute Gasteiger partial charge is 0.368 e. The summed E-state index contributed by atoms with van der Waals surface area (Å²) in [5.74, 6) is -2.14. The predicted molar refractivity (Wildman–Crippen MR) is 129 cm³/mol. The molecule has 0 aliphatic carbocycles. The second-order valence-electron chi connectivity index (χ2n) is 8.76. The molecule has 0 aromatic heterocycles. The number of hydrogen-bond acceptors (Lipinski definition) is 3. The van der Waals surface area contributed by atoms with Crippen LogP contribution in [-0.4, -0.2) is 48.4 Å². The van der Waals surface area contributed by atoms with E-state index in [1.807, 2.05) is 12.1 Å². The zero-order chi connectivity index (χ0) is 26.6. The number of benzene rings is 3. The normalized spacial score (nSPS) is 15.6. The molecule has 4 rings (SSSR count). The molecule has 1 atom stereocenters. The van der Waals surface area contributed by atoms with Crippen LogP contribution in [0.4, 0.5) is 22.0 Å². The Bertz CT molecular complexity index is 1210. The quantitative estimate of drug-likeness (QED) is 0.329. The van der Waals surface area contributed by atoms with Crippen LogP contribution in [0, 0.1) is 11.6 Å². The lowest BCUT2D eigenvalue weighted by Gasteiger charge is -2.36. The van der Waals surface area contributed by atoms with Gasteiger partial charge in [0.15, 0.2) is 0 Å². The second kappa shape index (κ2) is 11.6. The van der Waals surface area contributed by atoms with Crippen molar-refractivity contribution in [2.75, 3.05) is 32.7 Å². The van der Waals surface area contributed by atoms with E-state index in [2.05, 4.69) is 4.90 Å². The van der Waals surface area contributed by atoms with Crippen molar-refractivity contribution in [2.45, 2.75) is 18.9 Å². The van der Waals surface area contributed by atoms with Gasteiger partial charge in [-0.3, -0.25) is 9.69 Å². The van der Waals surface area contributed by atoms with Crippen LogP contribution in [0.3, 0.4) is 0 Å². The maximum Gasteiger partial charge on any atom is 0.416 e. The average molecular weight is 539 g/mol. The Morgan fingerprint density at radius 3 is 2.16 bits per heavy atom. The number of nitrogens with zero attached hydrogens (tertiary/aromatic N) is 2. The molecule has 10 heteroatoms. The van der Waals surface area contributed by atoms with Crippen LogP contribution in [0.1, 0.15) is 33.2 Å². The highest BCUT2D eigenvalue weighted by molar-refractivity contribution is 6.30. The number of carbonyl (C=O) groups is 1. The lowest BCUT2D eigenvalue weighted by molar-refractivity contribution is -0.137. The van der Waals surface area contributed by atoms with Gasteiger partial charge in [-0.05, 0) is 47.5 Å². The van der Waals surface area contributed by atoms with Gasteiger partial charge in [0.2, 0.25) is 0 Å². The summed E-state index contributed by atoms with van der Waals surface area (Å²) >= 11 is 6.02. The van der Waals surface area contributed by atoms with Crippen LogP contribution in [0.2, 0.25) is 5.02 Å². The summed E-state index contributed by atoms with van der Waals surface area (Å²) in [6, 6.07) is 14.8. The third-order valence-corrected chi connectivity index (χ3v) is 6.47. The number of halogens is 6. The summed E-state index contributed by atoms with van der Waals surface area (Å²) in [5, 5.41) is 0.561. The highest BCUT2D eigenvalue weighted by Gasteiger charge is 2.30. The third kappa shape index (κ3) is 7.06. The molecule has 1 heterocycles. The van der Waals surface area contributed by atoms with E-state index in [1.54, 1.807) is 12.1 Å². The molecule has 4 nitrogen and oxygen atoms in total. The number of carbonyl (C=O) groups excluding carboxylic acids is 1. The first kappa shape index (κ1) is 27.0. The molecule has 0 radical (unpaired) electrons. The van der Waals surface area contributed by atoms with Gasteiger partial charge in [0, 0.05) is 43.8 Å². The van der Waals surface area contributed by atoms with E-state index in [0.717, 1.165) is 29.8 Å².